The van der Waals surface area contributed by atoms with Crippen molar-refractivity contribution >= 4 is 12.0 Å². The molecule has 0 saturated heterocycles. The van der Waals surface area contributed by atoms with E-state index in [1.54, 1.807) is 4.90 Å². The van der Waals surface area contributed by atoms with Gasteiger partial charge in [0.1, 0.15) is 0 Å². The van der Waals surface area contributed by atoms with Gasteiger partial charge in [-0.3, -0.25) is 0 Å². The molecular formula is C12H22N2O4. The molecule has 1 aliphatic carbocycles. The number of carbonyl (C=O) groups excluding carboxylic acids is 1. The summed E-state index contributed by atoms with van der Waals surface area (Å²) in [7, 11) is 0. The van der Waals surface area contributed by atoms with Crippen LogP contribution in [0.1, 0.15) is 32.6 Å². The van der Waals surface area contributed by atoms with Crippen LogP contribution in [0.5, 0.6) is 0 Å². The molecule has 6 nitrogen and oxygen atoms in total. The zero-order valence-electron chi connectivity index (χ0n) is 10.8. The Morgan fingerprint density at radius 3 is 2.56 bits per heavy atom. The first kappa shape index (κ1) is 14.8. The summed E-state index contributed by atoms with van der Waals surface area (Å²) in [5.41, 5.74) is 0. The lowest BCUT2D eigenvalue weighted by atomic mass is 9.85. The normalized spacial score (nSPS) is 16.8. The number of aliphatic carboxylic acids is 1. The number of hydrogen-bond acceptors (Lipinski definition) is 3. The van der Waals surface area contributed by atoms with Crippen LogP contribution >= 0.6 is 0 Å². The largest absolute Gasteiger partial charge is 0.479 e. The molecular weight excluding hydrogens is 236 g/mol. The van der Waals surface area contributed by atoms with Gasteiger partial charge >= 0.3 is 12.0 Å². The standard InChI is InChI=1S/C12H22N2O4/c1-2-14(8-9-4-3-5-9)12(18)13-7-6-10(15)11(16)17/h9-10,15H,2-8H2,1H3,(H,13,18)(H,16,17)/t10-/m0/s1. The van der Waals surface area contributed by atoms with Crippen LogP contribution in [0.25, 0.3) is 0 Å². The third-order valence-corrected chi connectivity index (χ3v) is 3.35. The Morgan fingerprint density at radius 2 is 2.11 bits per heavy atom. The summed E-state index contributed by atoms with van der Waals surface area (Å²) in [4.78, 5) is 23.9. The Bertz CT molecular complexity index is 292. The molecule has 1 saturated carbocycles. The minimum absolute atomic E-state index is 0.0298. The average molecular weight is 258 g/mol. The highest BCUT2D eigenvalue weighted by molar-refractivity contribution is 5.74. The van der Waals surface area contributed by atoms with Gasteiger partial charge in [-0.25, -0.2) is 9.59 Å². The average Bonchev–Trinajstić information content (AvgIpc) is 2.27. The second-order valence-electron chi connectivity index (χ2n) is 4.71. The molecule has 0 aromatic heterocycles. The third kappa shape index (κ3) is 4.52. The SMILES string of the molecule is CCN(CC1CCC1)C(=O)NCC[C@H](O)C(=O)O. The maximum atomic E-state index is 11.8. The van der Waals surface area contributed by atoms with Crippen LogP contribution in [-0.2, 0) is 4.79 Å². The van der Waals surface area contributed by atoms with Crippen molar-refractivity contribution in [2.24, 2.45) is 5.92 Å². The number of aliphatic hydroxyl groups is 1. The smallest absolute Gasteiger partial charge is 0.332 e. The molecule has 1 fully saturated rings. The summed E-state index contributed by atoms with van der Waals surface area (Å²) in [6, 6.07) is -0.179. The van der Waals surface area contributed by atoms with Gasteiger partial charge < -0.3 is 20.4 Å². The molecule has 104 valence electrons. The summed E-state index contributed by atoms with van der Waals surface area (Å²) in [5, 5.41) is 20.2. The second-order valence-corrected chi connectivity index (χ2v) is 4.71. The Labute approximate surface area is 107 Å². The molecule has 18 heavy (non-hydrogen) atoms. The lowest BCUT2D eigenvalue weighted by Crippen LogP contribution is -2.44. The number of nitrogens with one attached hydrogen (secondary N) is 1. The van der Waals surface area contributed by atoms with Crippen LogP contribution < -0.4 is 5.32 Å². The highest BCUT2D eigenvalue weighted by Gasteiger charge is 2.22. The first-order chi connectivity index (χ1) is 8.54. The number of hydrogen-bond donors (Lipinski definition) is 3. The van der Waals surface area contributed by atoms with Crippen LogP contribution in [0.15, 0.2) is 0 Å². The molecule has 1 atom stereocenters. The quantitative estimate of drug-likeness (QED) is 0.625. The predicted octanol–water partition coefficient (Wildman–Crippen LogP) is 0.654. The molecule has 0 unspecified atom stereocenters. The maximum Gasteiger partial charge on any atom is 0.332 e. The number of carboxylic acids is 1. The van der Waals surface area contributed by atoms with Gasteiger partial charge in [0.15, 0.2) is 6.10 Å². The van der Waals surface area contributed by atoms with Gasteiger partial charge in [-0.1, -0.05) is 6.42 Å². The maximum absolute atomic E-state index is 11.8. The van der Waals surface area contributed by atoms with E-state index < -0.39 is 12.1 Å². The zero-order valence-corrected chi connectivity index (χ0v) is 10.8. The minimum atomic E-state index is -1.41. The molecule has 0 spiro atoms. The van der Waals surface area contributed by atoms with E-state index in [4.69, 9.17) is 10.2 Å². The monoisotopic (exact) mass is 258 g/mol. The zero-order chi connectivity index (χ0) is 13.5. The van der Waals surface area contributed by atoms with E-state index in [9.17, 15) is 9.59 Å². The van der Waals surface area contributed by atoms with Crippen LogP contribution in [0.4, 0.5) is 4.79 Å². The molecule has 2 amide bonds. The summed E-state index contributed by atoms with van der Waals surface area (Å²) in [5.74, 6) is -0.647. The molecule has 6 heteroatoms. The fraction of sp³-hybridized carbons (Fsp3) is 0.833. The van der Waals surface area contributed by atoms with E-state index in [-0.39, 0.29) is 19.0 Å². The van der Waals surface area contributed by atoms with Crippen molar-refractivity contribution < 1.29 is 19.8 Å². The van der Waals surface area contributed by atoms with E-state index >= 15 is 0 Å². The number of carbonyl (C=O) groups is 2. The van der Waals surface area contributed by atoms with Crippen molar-refractivity contribution in [3.63, 3.8) is 0 Å². The van der Waals surface area contributed by atoms with Crippen molar-refractivity contribution in [1.82, 2.24) is 10.2 Å². The van der Waals surface area contributed by atoms with E-state index in [1.807, 2.05) is 6.92 Å². The number of aliphatic hydroxyl groups excluding tert-OH is 1. The molecule has 0 heterocycles. The molecule has 0 aromatic carbocycles. The first-order valence-corrected chi connectivity index (χ1v) is 6.48. The number of urea groups is 1. The van der Waals surface area contributed by atoms with Crippen molar-refractivity contribution in [1.29, 1.82) is 0 Å². The fourth-order valence-corrected chi connectivity index (χ4v) is 1.89. The second kappa shape index (κ2) is 7.20. The first-order valence-electron chi connectivity index (χ1n) is 6.48. The summed E-state index contributed by atoms with van der Waals surface area (Å²) < 4.78 is 0. The Morgan fingerprint density at radius 1 is 1.44 bits per heavy atom. The van der Waals surface area contributed by atoms with Crippen LogP contribution in [0.2, 0.25) is 0 Å². The van der Waals surface area contributed by atoms with Gasteiger partial charge in [0.2, 0.25) is 0 Å². The Balaban J connectivity index is 2.22. The highest BCUT2D eigenvalue weighted by Crippen LogP contribution is 2.26. The van der Waals surface area contributed by atoms with Gasteiger partial charge in [0.05, 0.1) is 0 Å². The van der Waals surface area contributed by atoms with Crippen molar-refractivity contribution in [3.8, 4) is 0 Å². The summed E-state index contributed by atoms with van der Waals surface area (Å²) in [6.07, 6.45) is 2.23. The van der Waals surface area contributed by atoms with Gasteiger partial charge in [0, 0.05) is 26.1 Å². The van der Waals surface area contributed by atoms with Crippen LogP contribution in [0.3, 0.4) is 0 Å². The van der Waals surface area contributed by atoms with Gasteiger partial charge in [0.25, 0.3) is 0 Å². The molecule has 0 bridgehead atoms. The third-order valence-electron chi connectivity index (χ3n) is 3.35. The van der Waals surface area contributed by atoms with Gasteiger partial charge in [-0.05, 0) is 25.7 Å². The molecule has 0 aromatic rings. The van der Waals surface area contributed by atoms with E-state index in [0.717, 1.165) is 6.54 Å². The highest BCUT2D eigenvalue weighted by atomic mass is 16.4. The van der Waals surface area contributed by atoms with Crippen LogP contribution in [0, 0.1) is 5.92 Å². The topological polar surface area (TPSA) is 89.9 Å². The van der Waals surface area contributed by atoms with Gasteiger partial charge in [-0.15, -0.1) is 0 Å². The minimum Gasteiger partial charge on any atom is -0.479 e. The van der Waals surface area contributed by atoms with Crippen molar-refractivity contribution in [2.75, 3.05) is 19.6 Å². The molecule has 1 aliphatic rings. The molecule has 0 radical (unpaired) electrons. The lowest BCUT2D eigenvalue weighted by molar-refractivity contribution is -0.146. The lowest BCUT2D eigenvalue weighted by Gasteiger charge is -2.31. The number of amides is 2. The number of rotatable bonds is 7. The predicted molar refractivity (Wildman–Crippen MR) is 66.2 cm³/mol. The van der Waals surface area contributed by atoms with E-state index in [2.05, 4.69) is 5.32 Å². The van der Waals surface area contributed by atoms with E-state index in [0.29, 0.717) is 12.5 Å². The molecule has 1 rings (SSSR count). The number of nitrogens with zero attached hydrogens (tertiary/aromatic N) is 1. The number of carboxylic acid groups (broad SMARTS) is 1. The summed E-state index contributed by atoms with van der Waals surface area (Å²) >= 11 is 0. The molecule has 3 N–H and O–H groups in total. The van der Waals surface area contributed by atoms with Gasteiger partial charge in [-0.2, -0.15) is 0 Å². The van der Waals surface area contributed by atoms with Crippen LogP contribution in [-0.4, -0.2) is 52.9 Å². The molecule has 0 aliphatic heterocycles. The van der Waals surface area contributed by atoms with Crippen molar-refractivity contribution in [3.05, 3.63) is 0 Å². The van der Waals surface area contributed by atoms with Crippen molar-refractivity contribution in [2.45, 2.75) is 38.7 Å². The Kier molecular flexibility index (Phi) is 5.91. The summed E-state index contributed by atoms with van der Waals surface area (Å²) in [6.45, 7) is 3.51. The Hall–Kier alpha value is -1.30. The van der Waals surface area contributed by atoms with E-state index in [1.165, 1.54) is 19.3 Å². The fourth-order valence-electron chi connectivity index (χ4n) is 1.89.